The number of hydrogen-bond donors (Lipinski definition) is 0. The van der Waals surface area contributed by atoms with Crippen LogP contribution in [0.25, 0.3) is 0 Å². The molecular weight excluding hydrogens is 421 g/mol. The molecule has 0 aliphatic carbocycles. The summed E-state index contributed by atoms with van der Waals surface area (Å²) in [5.74, 6) is -1.77. The van der Waals surface area contributed by atoms with E-state index in [4.69, 9.17) is 0 Å². The zero-order chi connectivity index (χ0) is 22.2. The minimum absolute atomic E-state index is 0.0588. The predicted molar refractivity (Wildman–Crippen MR) is 112 cm³/mol. The first-order valence-corrected chi connectivity index (χ1v) is 10.9. The van der Waals surface area contributed by atoms with Crippen LogP contribution >= 0.6 is 11.3 Å². The van der Waals surface area contributed by atoms with Gasteiger partial charge in [-0.05, 0) is 29.1 Å². The van der Waals surface area contributed by atoms with E-state index in [1.807, 2.05) is 11.4 Å². The van der Waals surface area contributed by atoms with Crippen molar-refractivity contribution in [1.29, 1.82) is 0 Å². The van der Waals surface area contributed by atoms with Crippen molar-refractivity contribution >= 4 is 35.0 Å². The van der Waals surface area contributed by atoms with E-state index in [2.05, 4.69) is 0 Å². The third kappa shape index (κ3) is 3.85. The zero-order valence-corrected chi connectivity index (χ0v) is 17.9. The Bertz CT molecular complexity index is 1030. The lowest BCUT2D eigenvalue weighted by Gasteiger charge is -2.36. The molecule has 9 heteroatoms. The van der Waals surface area contributed by atoms with Crippen molar-refractivity contribution in [1.82, 2.24) is 14.7 Å². The Morgan fingerprint density at radius 2 is 1.77 bits per heavy atom. The molecule has 2 aromatic rings. The summed E-state index contributed by atoms with van der Waals surface area (Å²) in [6.07, 6.45) is -0.390. The fourth-order valence-electron chi connectivity index (χ4n) is 4.22. The highest BCUT2D eigenvalue weighted by Gasteiger charge is 2.53. The Labute approximate surface area is 183 Å². The lowest BCUT2D eigenvalue weighted by atomic mass is 9.75. The van der Waals surface area contributed by atoms with E-state index in [1.165, 1.54) is 36.6 Å². The monoisotopic (exact) mass is 443 g/mol. The molecule has 2 saturated heterocycles. The van der Waals surface area contributed by atoms with Crippen LogP contribution in [0.2, 0.25) is 0 Å². The lowest BCUT2D eigenvalue weighted by molar-refractivity contribution is -0.142. The van der Waals surface area contributed by atoms with Crippen molar-refractivity contribution in [3.8, 4) is 0 Å². The average molecular weight is 444 g/mol. The summed E-state index contributed by atoms with van der Waals surface area (Å²) in [4.78, 5) is 55.9. The van der Waals surface area contributed by atoms with Crippen molar-refractivity contribution in [2.24, 2.45) is 0 Å². The molecule has 162 valence electrons. The second-order valence-electron chi connectivity index (χ2n) is 7.85. The van der Waals surface area contributed by atoms with Crippen molar-refractivity contribution in [3.05, 3.63) is 58.0 Å². The van der Waals surface area contributed by atoms with Crippen LogP contribution in [0, 0.1) is 5.82 Å². The number of hydrogen-bond acceptors (Lipinski definition) is 5. The highest BCUT2D eigenvalue weighted by molar-refractivity contribution is 7.12. The number of imide groups is 1. The van der Waals surface area contributed by atoms with Crippen LogP contribution in [0.4, 0.5) is 4.39 Å². The van der Waals surface area contributed by atoms with Gasteiger partial charge in [0.15, 0.2) is 0 Å². The molecule has 4 rings (SSSR count). The number of likely N-dealkylation sites (N-methyl/N-ethyl adjacent to an activating group) is 1. The Morgan fingerprint density at radius 1 is 1.06 bits per heavy atom. The first kappa shape index (κ1) is 21.2. The van der Waals surface area contributed by atoms with E-state index < -0.39 is 23.0 Å². The van der Waals surface area contributed by atoms with Gasteiger partial charge in [-0.3, -0.25) is 24.1 Å². The van der Waals surface area contributed by atoms with Gasteiger partial charge in [0.25, 0.3) is 5.91 Å². The third-order valence-corrected chi connectivity index (χ3v) is 6.88. The van der Waals surface area contributed by atoms with Gasteiger partial charge in [0.05, 0.1) is 10.3 Å². The van der Waals surface area contributed by atoms with Crippen LogP contribution in [0.15, 0.2) is 41.8 Å². The molecule has 7 nitrogen and oxygen atoms in total. The van der Waals surface area contributed by atoms with Gasteiger partial charge in [0.1, 0.15) is 5.82 Å². The SMILES string of the molecule is CN1C(=O)CC(CC(=O)N2CCN(C(=O)c3cccs3)CC2)(c2cccc(F)c2)C1=O. The van der Waals surface area contributed by atoms with Crippen LogP contribution < -0.4 is 0 Å². The fourth-order valence-corrected chi connectivity index (χ4v) is 4.91. The van der Waals surface area contributed by atoms with E-state index >= 15 is 0 Å². The summed E-state index contributed by atoms with van der Waals surface area (Å²) in [5.41, 5.74) is -1.08. The molecule has 31 heavy (non-hydrogen) atoms. The van der Waals surface area contributed by atoms with Crippen molar-refractivity contribution in [3.63, 3.8) is 0 Å². The van der Waals surface area contributed by atoms with Crippen LogP contribution in [0.1, 0.15) is 28.1 Å². The molecule has 0 bridgehead atoms. The number of halogens is 1. The summed E-state index contributed by atoms with van der Waals surface area (Å²) in [5, 5.41) is 1.84. The van der Waals surface area contributed by atoms with E-state index in [1.54, 1.807) is 21.9 Å². The normalized spacial score (nSPS) is 21.7. The molecule has 1 aromatic carbocycles. The Morgan fingerprint density at radius 3 is 2.35 bits per heavy atom. The number of piperazine rings is 1. The van der Waals surface area contributed by atoms with Gasteiger partial charge in [0, 0.05) is 46.1 Å². The van der Waals surface area contributed by atoms with Crippen LogP contribution in [0.3, 0.4) is 0 Å². The number of rotatable bonds is 4. The van der Waals surface area contributed by atoms with Gasteiger partial charge >= 0.3 is 0 Å². The highest BCUT2D eigenvalue weighted by atomic mass is 32.1. The maximum absolute atomic E-state index is 13.9. The highest BCUT2D eigenvalue weighted by Crippen LogP contribution is 2.40. The molecule has 4 amide bonds. The topological polar surface area (TPSA) is 78.0 Å². The van der Waals surface area contributed by atoms with E-state index in [9.17, 15) is 23.6 Å². The molecule has 0 radical (unpaired) electrons. The second kappa shape index (κ2) is 8.22. The van der Waals surface area contributed by atoms with Crippen LogP contribution in [-0.4, -0.2) is 71.6 Å². The Kier molecular flexibility index (Phi) is 5.62. The summed E-state index contributed by atoms with van der Waals surface area (Å²) in [6, 6.07) is 9.12. The first-order chi connectivity index (χ1) is 14.8. The molecule has 1 aromatic heterocycles. The number of carbonyl (C=O) groups is 4. The lowest BCUT2D eigenvalue weighted by Crippen LogP contribution is -2.52. The van der Waals surface area contributed by atoms with E-state index in [0.717, 1.165) is 4.90 Å². The predicted octanol–water partition coefficient (Wildman–Crippen LogP) is 1.89. The summed E-state index contributed by atoms with van der Waals surface area (Å²) in [7, 11) is 1.38. The Balaban J connectivity index is 1.50. The van der Waals surface area contributed by atoms with Gasteiger partial charge in [-0.1, -0.05) is 18.2 Å². The molecule has 2 aliphatic rings. The third-order valence-electron chi connectivity index (χ3n) is 6.02. The molecule has 2 fully saturated rings. The number of benzene rings is 1. The van der Waals surface area contributed by atoms with Crippen molar-refractivity contribution in [2.45, 2.75) is 18.3 Å². The maximum Gasteiger partial charge on any atom is 0.264 e. The molecule has 0 saturated carbocycles. The first-order valence-electron chi connectivity index (χ1n) is 9.99. The number of thiophene rings is 1. The summed E-state index contributed by atoms with van der Waals surface area (Å²) >= 11 is 1.38. The van der Waals surface area contributed by atoms with Crippen LogP contribution in [0.5, 0.6) is 0 Å². The largest absolute Gasteiger partial charge is 0.339 e. The van der Waals surface area contributed by atoms with Crippen LogP contribution in [-0.2, 0) is 19.8 Å². The molecule has 0 N–H and O–H groups in total. The molecule has 3 heterocycles. The molecular formula is C22H22FN3O4S. The second-order valence-corrected chi connectivity index (χ2v) is 8.80. The van der Waals surface area contributed by atoms with Gasteiger partial charge in [-0.15, -0.1) is 11.3 Å². The van der Waals surface area contributed by atoms with Crippen molar-refractivity contribution < 1.29 is 23.6 Å². The number of amides is 4. The van der Waals surface area contributed by atoms with E-state index in [0.29, 0.717) is 36.6 Å². The smallest absolute Gasteiger partial charge is 0.264 e. The van der Waals surface area contributed by atoms with Gasteiger partial charge in [0.2, 0.25) is 17.7 Å². The molecule has 0 spiro atoms. The van der Waals surface area contributed by atoms with Gasteiger partial charge in [-0.25, -0.2) is 4.39 Å². The quantitative estimate of drug-likeness (QED) is 0.676. The Hall–Kier alpha value is -3.07. The molecule has 1 unspecified atom stereocenters. The standard InChI is InChI=1S/C22H22FN3O4S/c1-24-18(27)13-22(21(24)30,15-4-2-5-16(23)12-15)14-19(28)25-7-9-26(10-8-25)20(29)17-6-3-11-31-17/h2-6,11-12H,7-10,13-14H2,1H3. The summed E-state index contributed by atoms with van der Waals surface area (Å²) < 4.78 is 13.9. The minimum Gasteiger partial charge on any atom is -0.339 e. The van der Waals surface area contributed by atoms with Crippen molar-refractivity contribution in [2.75, 3.05) is 33.2 Å². The van der Waals surface area contributed by atoms with Gasteiger partial charge < -0.3 is 9.80 Å². The average Bonchev–Trinajstić information content (AvgIpc) is 3.38. The number of carbonyl (C=O) groups excluding carboxylic acids is 4. The number of likely N-dealkylation sites (tertiary alicyclic amines) is 1. The summed E-state index contributed by atoms with van der Waals surface area (Å²) in [6.45, 7) is 1.46. The molecule has 2 aliphatic heterocycles. The van der Waals surface area contributed by atoms with Gasteiger partial charge in [-0.2, -0.15) is 0 Å². The van der Waals surface area contributed by atoms with E-state index in [-0.39, 0.29) is 24.7 Å². The molecule has 1 atom stereocenters. The zero-order valence-electron chi connectivity index (χ0n) is 17.0. The number of nitrogens with zero attached hydrogens (tertiary/aromatic N) is 3. The fraction of sp³-hybridized carbons (Fsp3) is 0.364. The maximum atomic E-state index is 13.9. The minimum atomic E-state index is -1.41.